The third-order valence-corrected chi connectivity index (χ3v) is 4.01. The van der Waals surface area contributed by atoms with Crippen molar-refractivity contribution in [2.24, 2.45) is 7.05 Å². The molecule has 1 atom stereocenters. The molecule has 0 fully saturated rings. The molecule has 0 saturated carbocycles. The molecule has 1 aliphatic heterocycles. The number of benzene rings is 1. The van der Waals surface area contributed by atoms with Gasteiger partial charge < -0.3 is 10.6 Å². The zero-order valence-electron chi connectivity index (χ0n) is 12.0. The highest BCUT2D eigenvalue weighted by atomic mass is 35.5. The summed E-state index contributed by atoms with van der Waals surface area (Å²) in [5, 5.41) is 9.87. The number of amides is 1. The van der Waals surface area contributed by atoms with Crippen LogP contribution in [0.1, 0.15) is 11.1 Å². The molecular weight excluding hydrogens is 304 g/mol. The smallest absolute Gasteiger partial charge is 0.291 e. The molecule has 0 radical (unpaired) electrons. The Morgan fingerprint density at radius 2 is 2.05 bits per heavy atom. The van der Waals surface area contributed by atoms with E-state index >= 15 is 0 Å². The molecule has 0 aliphatic carbocycles. The van der Waals surface area contributed by atoms with E-state index in [1.165, 1.54) is 17.9 Å². The number of nitrogens with zero attached hydrogens (tertiary/aromatic N) is 2. The second kappa shape index (κ2) is 5.81. The lowest BCUT2D eigenvalue weighted by Gasteiger charge is -2.17. The van der Waals surface area contributed by atoms with Crippen LogP contribution in [0.4, 0.5) is 5.69 Å². The number of rotatable bonds is 2. The molecule has 2 heterocycles. The van der Waals surface area contributed by atoms with Crippen molar-refractivity contribution in [3.63, 3.8) is 0 Å². The van der Waals surface area contributed by atoms with E-state index in [-0.39, 0.29) is 22.2 Å². The zero-order chi connectivity index (χ0) is 15.7. The van der Waals surface area contributed by atoms with Crippen LogP contribution in [0.2, 0.25) is 5.02 Å². The van der Waals surface area contributed by atoms with Crippen LogP contribution in [-0.4, -0.2) is 21.7 Å². The number of aromatic nitrogens is 2. The summed E-state index contributed by atoms with van der Waals surface area (Å²) < 4.78 is 1.18. The molecule has 22 heavy (non-hydrogen) atoms. The molecule has 6 nitrogen and oxygen atoms in total. The van der Waals surface area contributed by atoms with Crippen LogP contribution < -0.4 is 16.2 Å². The van der Waals surface area contributed by atoms with Gasteiger partial charge in [0.2, 0.25) is 5.91 Å². The summed E-state index contributed by atoms with van der Waals surface area (Å²) in [4.78, 5) is 24.4. The molecule has 3 rings (SSSR count). The SMILES string of the molecule is Cn1ncc(Cl)c(NC2Cc3ccccc3CNC2=O)c1=O. The third kappa shape index (κ3) is 2.69. The van der Waals surface area contributed by atoms with E-state index in [1.807, 2.05) is 24.3 Å². The topological polar surface area (TPSA) is 76.0 Å². The van der Waals surface area contributed by atoms with E-state index in [1.54, 1.807) is 0 Å². The number of aryl methyl sites for hydroxylation is 1. The Labute approximate surface area is 132 Å². The van der Waals surface area contributed by atoms with Crippen LogP contribution in [0.5, 0.6) is 0 Å². The fourth-order valence-corrected chi connectivity index (χ4v) is 2.67. The molecule has 0 spiro atoms. The molecule has 114 valence electrons. The van der Waals surface area contributed by atoms with Gasteiger partial charge in [-0.3, -0.25) is 9.59 Å². The third-order valence-electron chi connectivity index (χ3n) is 3.72. The van der Waals surface area contributed by atoms with Crippen LogP contribution in [0.25, 0.3) is 0 Å². The predicted molar refractivity (Wildman–Crippen MR) is 83.9 cm³/mol. The maximum Gasteiger partial charge on any atom is 0.291 e. The van der Waals surface area contributed by atoms with Crippen LogP contribution in [0.15, 0.2) is 35.3 Å². The van der Waals surface area contributed by atoms with Gasteiger partial charge in [0.1, 0.15) is 11.7 Å². The zero-order valence-corrected chi connectivity index (χ0v) is 12.7. The first-order valence-electron chi connectivity index (χ1n) is 6.89. The van der Waals surface area contributed by atoms with Crippen molar-refractivity contribution < 1.29 is 4.79 Å². The summed E-state index contributed by atoms with van der Waals surface area (Å²) in [6.45, 7) is 0.481. The van der Waals surface area contributed by atoms with E-state index in [0.29, 0.717) is 13.0 Å². The second-order valence-electron chi connectivity index (χ2n) is 5.18. The van der Waals surface area contributed by atoms with E-state index in [9.17, 15) is 9.59 Å². The van der Waals surface area contributed by atoms with Gasteiger partial charge in [-0.25, -0.2) is 4.68 Å². The molecule has 1 unspecified atom stereocenters. The first-order valence-corrected chi connectivity index (χ1v) is 7.27. The fourth-order valence-electron chi connectivity index (χ4n) is 2.49. The van der Waals surface area contributed by atoms with Crippen molar-refractivity contribution in [3.05, 3.63) is 57.0 Å². The number of halogens is 1. The molecule has 1 aliphatic rings. The Morgan fingerprint density at radius 1 is 1.32 bits per heavy atom. The molecule has 1 aromatic carbocycles. The summed E-state index contributed by atoms with van der Waals surface area (Å²) in [6.07, 6.45) is 1.87. The van der Waals surface area contributed by atoms with Crippen LogP contribution in [0.3, 0.4) is 0 Å². The van der Waals surface area contributed by atoms with Crippen molar-refractivity contribution in [1.82, 2.24) is 15.1 Å². The van der Waals surface area contributed by atoms with E-state index in [2.05, 4.69) is 15.7 Å². The van der Waals surface area contributed by atoms with Crippen LogP contribution in [-0.2, 0) is 24.8 Å². The minimum Gasteiger partial charge on any atom is -0.368 e. The van der Waals surface area contributed by atoms with Gasteiger partial charge >= 0.3 is 0 Å². The van der Waals surface area contributed by atoms with Gasteiger partial charge in [0.15, 0.2) is 0 Å². The Bertz CT molecular complexity index is 787. The molecular formula is C15H15ClN4O2. The number of hydrogen-bond acceptors (Lipinski definition) is 4. The molecule has 0 bridgehead atoms. The summed E-state index contributed by atoms with van der Waals surface area (Å²) in [5.74, 6) is -0.161. The second-order valence-corrected chi connectivity index (χ2v) is 5.59. The lowest BCUT2D eigenvalue weighted by Crippen LogP contribution is -2.40. The number of carbonyl (C=O) groups is 1. The maximum atomic E-state index is 12.3. The van der Waals surface area contributed by atoms with Gasteiger partial charge in [0.05, 0.1) is 11.2 Å². The highest BCUT2D eigenvalue weighted by molar-refractivity contribution is 6.33. The van der Waals surface area contributed by atoms with E-state index in [4.69, 9.17) is 11.6 Å². The highest BCUT2D eigenvalue weighted by Gasteiger charge is 2.25. The first-order chi connectivity index (χ1) is 10.6. The Kier molecular flexibility index (Phi) is 3.85. The Hall–Kier alpha value is -2.34. The van der Waals surface area contributed by atoms with Crippen molar-refractivity contribution in [1.29, 1.82) is 0 Å². The molecule has 2 N–H and O–H groups in total. The molecule has 1 amide bonds. The van der Waals surface area contributed by atoms with Crippen molar-refractivity contribution >= 4 is 23.2 Å². The van der Waals surface area contributed by atoms with Gasteiger partial charge in [-0.15, -0.1) is 0 Å². The van der Waals surface area contributed by atoms with Crippen molar-refractivity contribution in [2.75, 3.05) is 5.32 Å². The molecule has 7 heteroatoms. The van der Waals surface area contributed by atoms with Gasteiger partial charge in [-0.2, -0.15) is 5.10 Å². The quantitative estimate of drug-likeness (QED) is 0.869. The van der Waals surface area contributed by atoms with Gasteiger partial charge in [-0.05, 0) is 11.1 Å². The first kappa shape index (κ1) is 14.6. The number of fused-ring (bicyclic) bond motifs is 1. The summed E-state index contributed by atoms with van der Waals surface area (Å²) >= 11 is 6.04. The van der Waals surface area contributed by atoms with Gasteiger partial charge in [0.25, 0.3) is 5.56 Å². The van der Waals surface area contributed by atoms with Crippen molar-refractivity contribution in [3.8, 4) is 0 Å². The fraction of sp³-hybridized carbons (Fsp3) is 0.267. The lowest BCUT2D eigenvalue weighted by atomic mass is 10.0. The highest BCUT2D eigenvalue weighted by Crippen LogP contribution is 2.20. The largest absolute Gasteiger partial charge is 0.368 e. The van der Waals surface area contributed by atoms with Crippen molar-refractivity contribution in [2.45, 2.75) is 19.0 Å². The van der Waals surface area contributed by atoms with E-state index < -0.39 is 6.04 Å². The average molecular weight is 319 g/mol. The number of hydrogen-bond donors (Lipinski definition) is 2. The average Bonchev–Trinajstić information content (AvgIpc) is 2.67. The number of carbonyl (C=O) groups excluding carboxylic acids is 1. The maximum absolute atomic E-state index is 12.3. The summed E-state index contributed by atoms with van der Waals surface area (Å²) in [7, 11) is 1.53. The Morgan fingerprint density at radius 3 is 2.82 bits per heavy atom. The minimum atomic E-state index is -0.559. The predicted octanol–water partition coefficient (Wildman–Crippen LogP) is 1.09. The molecule has 1 aromatic heterocycles. The normalized spacial score (nSPS) is 17.4. The van der Waals surface area contributed by atoms with Crippen LogP contribution >= 0.6 is 11.6 Å². The molecule has 0 saturated heterocycles. The monoisotopic (exact) mass is 318 g/mol. The van der Waals surface area contributed by atoms with Gasteiger partial charge in [-0.1, -0.05) is 35.9 Å². The van der Waals surface area contributed by atoms with Crippen LogP contribution in [0, 0.1) is 0 Å². The molecule has 2 aromatic rings. The summed E-state index contributed by atoms with van der Waals surface area (Å²) in [6, 6.07) is 7.28. The number of anilines is 1. The summed E-state index contributed by atoms with van der Waals surface area (Å²) in [5.41, 5.74) is 1.98. The standard InChI is InChI=1S/C15H15ClN4O2/c1-20-15(22)13(11(16)8-18-20)19-12-6-9-4-2-3-5-10(9)7-17-14(12)21/h2-5,8,12,19H,6-7H2,1H3,(H,17,21). The lowest BCUT2D eigenvalue weighted by molar-refractivity contribution is -0.121. The van der Waals surface area contributed by atoms with E-state index in [0.717, 1.165) is 11.1 Å². The minimum absolute atomic E-state index is 0.161. The Balaban J connectivity index is 1.94. The number of nitrogens with one attached hydrogen (secondary N) is 2. The van der Waals surface area contributed by atoms with Gasteiger partial charge in [0, 0.05) is 20.0 Å².